The highest BCUT2D eigenvalue weighted by molar-refractivity contribution is 6.03. The molecule has 1 saturated heterocycles. The zero-order chi connectivity index (χ0) is 21.3. The van der Waals surface area contributed by atoms with Crippen molar-refractivity contribution in [2.24, 2.45) is 0 Å². The van der Waals surface area contributed by atoms with Crippen LogP contribution in [0.1, 0.15) is 55.3 Å². The molecule has 4 rings (SSSR count). The van der Waals surface area contributed by atoms with Crippen molar-refractivity contribution >= 4 is 17.2 Å². The molecule has 1 fully saturated rings. The Balaban J connectivity index is 1.64. The average molecular weight is 419 g/mol. The molecule has 30 heavy (non-hydrogen) atoms. The number of nitrogens with one attached hydrogen (secondary N) is 1. The van der Waals surface area contributed by atoms with Crippen LogP contribution in [0.25, 0.3) is 5.65 Å². The normalized spacial score (nSPS) is 15.3. The number of fused-ring (bicyclic) bond motifs is 1. The molecule has 8 nitrogen and oxygen atoms in total. The van der Waals surface area contributed by atoms with Gasteiger partial charge in [-0.25, -0.2) is 9.67 Å². The van der Waals surface area contributed by atoms with Crippen LogP contribution in [0.2, 0.25) is 0 Å². The number of ether oxygens (including phenoxy) is 2. The summed E-state index contributed by atoms with van der Waals surface area (Å²) in [6, 6.07) is 3.00. The van der Waals surface area contributed by atoms with E-state index in [1.54, 1.807) is 12.3 Å². The van der Waals surface area contributed by atoms with Crippen LogP contribution in [-0.2, 0) is 4.74 Å². The number of imidazole rings is 1. The lowest BCUT2D eigenvalue weighted by molar-refractivity contribution is 0.0561. The van der Waals surface area contributed by atoms with Gasteiger partial charge in [-0.1, -0.05) is 0 Å². The summed E-state index contributed by atoms with van der Waals surface area (Å²) >= 11 is 0. The van der Waals surface area contributed by atoms with Gasteiger partial charge in [-0.2, -0.15) is 13.9 Å². The molecule has 3 aromatic heterocycles. The van der Waals surface area contributed by atoms with Gasteiger partial charge in [0, 0.05) is 43.8 Å². The molecule has 1 N–H and O–H groups in total. The molecule has 0 bridgehead atoms. The zero-order valence-corrected chi connectivity index (χ0v) is 16.7. The highest BCUT2D eigenvalue weighted by Crippen LogP contribution is 2.31. The van der Waals surface area contributed by atoms with Gasteiger partial charge in [0.05, 0.1) is 11.8 Å². The standard InChI is InChI=1S/C20H23F2N5O3/c1-12(2)30-17-9-18-23-15(13-4-7-29-8-5-13)10-26(18)11-16(17)24-19(28)14-3-6-27(25-14)20(21)22/h3,6,9-13,20H,4-5,7-8H2,1-2H3,(H,24,28). The second-order valence-electron chi connectivity index (χ2n) is 7.45. The van der Waals surface area contributed by atoms with E-state index in [0.29, 0.717) is 40.9 Å². The van der Waals surface area contributed by atoms with Crippen LogP contribution in [0.5, 0.6) is 5.75 Å². The van der Waals surface area contributed by atoms with Crippen molar-refractivity contribution in [1.82, 2.24) is 19.2 Å². The van der Waals surface area contributed by atoms with E-state index >= 15 is 0 Å². The molecule has 160 valence electrons. The maximum atomic E-state index is 12.7. The van der Waals surface area contributed by atoms with Gasteiger partial charge in [-0.05, 0) is 32.8 Å². The summed E-state index contributed by atoms with van der Waals surface area (Å²) in [5, 5.41) is 6.32. The first kappa shape index (κ1) is 20.3. The maximum Gasteiger partial charge on any atom is 0.333 e. The minimum absolute atomic E-state index is 0.112. The number of nitrogens with zero attached hydrogens (tertiary/aromatic N) is 4. The SMILES string of the molecule is CC(C)Oc1cc2nc(C3CCOCC3)cn2cc1NC(=O)c1ccn(C(F)F)n1. The number of carbonyl (C=O) groups is 1. The molecule has 1 aliphatic heterocycles. The van der Waals surface area contributed by atoms with Crippen molar-refractivity contribution in [3.8, 4) is 5.75 Å². The topological polar surface area (TPSA) is 82.7 Å². The van der Waals surface area contributed by atoms with Crippen molar-refractivity contribution < 1.29 is 23.0 Å². The van der Waals surface area contributed by atoms with E-state index in [9.17, 15) is 13.6 Å². The quantitative estimate of drug-likeness (QED) is 0.656. The smallest absolute Gasteiger partial charge is 0.333 e. The summed E-state index contributed by atoms with van der Waals surface area (Å²) in [5.41, 5.74) is 1.96. The van der Waals surface area contributed by atoms with Crippen LogP contribution in [0, 0.1) is 0 Å². The minimum atomic E-state index is -2.81. The average Bonchev–Trinajstić information content (AvgIpc) is 3.35. The van der Waals surface area contributed by atoms with Crippen molar-refractivity contribution in [2.75, 3.05) is 18.5 Å². The first-order valence-electron chi connectivity index (χ1n) is 9.82. The second-order valence-corrected chi connectivity index (χ2v) is 7.45. The summed E-state index contributed by atoms with van der Waals surface area (Å²) in [4.78, 5) is 17.3. The summed E-state index contributed by atoms with van der Waals surface area (Å²) in [5.74, 6) is 0.167. The molecular formula is C20H23F2N5O3. The number of halogens is 2. The molecule has 0 atom stereocenters. The molecule has 4 heterocycles. The fraction of sp³-hybridized carbons (Fsp3) is 0.450. The van der Waals surface area contributed by atoms with Crippen LogP contribution in [0.15, 0.2) is 30.7 Å². The number of anilines is 1. The Morgan fingerprint density at radius 1 is 1.30 bits per heavy atom. The maximum absolute atomic E-state index is 12.7. The number of carbonyl (C=O) groups excluding carboxylic acids is 1. The van der Waals surface area contributed by atoms with Crippen LogP contribution < -0.4 is 10.1 Å². The fourth-order valence-electron chi connectivity index (χ4n) is 3.42. The third kappa shape index (κ3) is 4.28. The number of rotatable bonds is 6. The predicted molar refractivity (Wildman–Crippen MR) is 105 cm³/mol. The Morgan fingerprint density at radius 3 is 2.73 bits per heavy atom. The third-order valence-corrected chi connectivity index (χ3v) is 4.86. The Morgan fingerprint density at radius 2 is 2.07 bits per heavy atom. The monoisotopic (exact) mass is 419 g/mol. The highest BCUT2D eigenvalue weighted by Gasteiger charge is 2.21. The third-order valence-electron chi connectivity index (χ3n) is 4.86. The second kappa shape index (κ2) is 8.39. The highest BCUT2D eigenvalue weighted by atomic mass is 19.3. The van der Waals surface area contributed by atoms with Crippen molar-refractivity contribution in [1.29, 1.82) is 0 Å². The van der Waals surface area contributed by atoms with E-state index in [1.165, 1.54) is 6.07 Å². The van der Waals surface area contributed by atoms with Gasteiger partial charge < -0.3 is 19.2 Å². The van der Waals surface area contributed by atoms with Crippen molar-refractivity contribution in [3.05, 3.63) is 42.1 Å². The van der Waals surface area contributed by atoms with E-state index < -0.39 is 12.5 Å². The van der Waals surface area contributed by atoms with Gasteiger partial charge in [0.15, 0.2) is 5.69 Å². The Labute approximate surface area is 171 Å². The Hall–Kier alpha value is -3.01. The number of alkyl halides is 2. The molecule has 0 saturated carbocycles. The number of amides is 1. The first-order chi connectivity index (χ1) is 14.4. The zero-order valence-electron chi connectivity index (χ0n) is 16.7. The van der Waals surface area contributed by atoms with Gasteiger partial charge in [-0.3, -0.25) is 4.79 Å². The minimum Gasteiger partial charge on any atom is -0.489 e. The van der Waals surface area contributed by atoms with Gasteiger partial charge in [0.1, 0.15) is 17.1 Å². The molecule has 0 spiro atoms. The van der Waals surface area contributed by atoms with Gasteiger partial charge in [-0.15, -0.1) is 0 Å². The van der Waals surface area contributed by atoms with Crippen molar-refractivity contribution in [3.63, 3.8) is 0 Å². The Kier molecular flexibility index (Phi) is 5.67. The molecule has 0 aliphatic carbocycles. The molecule has 0 aromatic carbocycles. The molecule has 3 aromatic rings. The predicted octanol–water partition coefficient (Wildman–Crippen LogP) is 3.86. The molecular weight excluding hydrogens is 396 g/mol. The fourth-order valence-corrected chi connectivity index (χ4v) is 3.42. The van der Waals surface area contributed by atoms with Crippen LogP contribution in [-0.4, -0.2) is 44.4 Å². The summed E-state index contributed by atoms with van der Waals surface area (Å²) in [6.07, 6.45) is 6.40. The summed E-state index contributed by atoms with van der Waals surface area (Å²) in [6.45, 7) is 2.37. The summed E-state index contributed by atoms with van der Waals surface area (Å²) < 4.78 is 39.0. The van der Waals surface area contributed by atoms with Crippen LogP contribution in [0.3, 0.4) is 0 Å². The Bertz CT molecular complexity index is 1040. The number of aromatic nitrogens is 4. The number of pyridine rings is 1. The van der Waals surface area contributed by atoms with E-state index in [-0.39, 0.29) is 11.8 Å². The molecule has 0 unspecified atom stereocenters. The number of hydrogen-bond donors (Lipinski definition) is 1. The lowest BCUT2D eigenvalue weighted by Gasteiger charge is -2.19. The first-order valence-corrected chi connectivity index (χ1v) is 9.82. The summed E-state index contributed by atoms with van der Waals surface area (Å²) in [7, 11) is 0. The van der Waals surface area contributed by atoms with E-state index in [2.05, 4.69) is 10.4 Å². The largest absolute Gasteiger partial charge is 0.489 e. The molecule has 1 aliphatic rings. The van der Waals surface area contributed by atoms with E-state index in [1.807, 2.05) is 24.4 Å². The van der Waals surface area contributed by atoms with Crippen LogP contribution in [0.4, 0.5) is 14.5 Å². The van der Waals surface area contributed by atoms with Gasteiger partial charge in [0.25, 0.3) is 5.91 Å². The van der Waals surface area contributed by atoms with Gasteiger partial charge >= 0.3 is 6.55 Å². The lowest BCUT2D eigenvalue weighted by Crippen LogP contribution is -2.16. The van der Waals surface area contributed by atoms with Gasteiger partial charge in [0.2, 0.25) is 0 Å². The van der Waals surface area contributed by atoms with E-state index in [0.717, 1.165) is 24.7 Å². The van der Waals surface area contributed by atoms with Crippen LogP contribution >= 0.6 is 0 Å². The van der Waals surface area contributed by atoms with E-state index in [4.69, 9.17) is 14.5 Å². The molecule has 10 heteroatoms. The number of hydrogen-bond acceptors (Lipinski definition) is 5. The molecule has 1 amide bonds. The van der Waals surface area contributed by atoms with Crippen molar-refractivity contribution in [2.45, 2.75) is 45.3 Å². The molecule has 0 radical (unpaired) electrons. The lowest BCUT2D eigenvalue weighted by atomic mass is 9.97.